The van der Waals surface area contributed by atoms with Crippen molar-refractivity contribution in [2.75, 3.05) is 17.1 Å². The highest BCUT2D eigenvalue weighted by Crippen LogP contribution is 2.33. The Hall–Kier alpha value is -2.25. The molecule has 6 nitrogen and oxygen atoms in total. The number of benzene rings is 2. The van der Waals surface area contributed by atoms with Crippen LogP contribution in [0.4, 0.5) is 11.4 Å². The molecule has 0 bridgehead atoms. The Balaban J connectivity index is 1.97. The van der Waals surface area contributed by atoms with Crippen molar-refractivity contribution < 1.29 is 17.9 Å². The molecule has 0 saturated carbocycles. The number of anilines is 2. The zero-order chi connectivity index (χ0) is 17.5. The summed E-state index contributed by atoms with van der Waals surface area (Å²) < 4.78 is 33.0. The van der Waals surface area contributed by atoms with Crippen molar-refractivity contribution in [3.63, 3.8) is 0 Å². The molecular weight excluding hydrogens is 352 g/mol. The third kappa shape index (κ3) is 3.05. The SMILES string of the molecule is COc1cc(Cl)c(C)cc1NS(=O)(=O)c1ccc2c(c1)CC(=O)N2. The lowest BCUT2D eigenvalue weighted by molar-refractivity contribution is -0.115. The van der Waals surface area contributed by atoms with Crippen molar-refractivity contribution in [2.45, 2.75) is 18.2 Å². The number of methoxy groups -OCH3 is 1. The summed E-state index contributed by atoms with van der Waals surface area (Å²) in [5.41, 5.74) is 2.31. The van der Waals surface area contributed by atoms with E-state index in [1.807, 2.05) is 0 Å². The molecule has 1 amide bonds. The molecule has 1 aliphatic heterocycles. The number of hydrogen-bond donors (Lipinski definition) is 2. The maximum Gasteiger partial charge on any atom is 0.262 e. The number of carbonyl (C=O) groups is 1. The van der Waals surface area contributed by atoms with Crippen LogP contribution in [0.2, 0.25) is 5.02 Å². The molecule has 2 aromatic rings. The number of sulfonamides is 1. The molecule has 0 unspecified atom stereocenters. The standard InChI is InChI=1S/C16H15ClN2O4S/c1-9-5-14(15(23-2)8-12(9)17)19-24(21,22)11-3-4-13-10(6-11)7-16(20)18-13/h3-6,8,19H,7H2,1-2H3,(H,18,20). The van der Waals surface area contributed by atoms with Crippen LogP contribution >= 0.6 is 11.6 Å². The fraction of sp³-hybridized carbons (Fsp3) is 0.188. The molecule has 0 aliphatic carbocycles. The summed E-state index contributed by atoms with van der Waals surface area (Å²) in [7, 11) is -2.39. The predicted octanol–water partition coefficient (Wildman–Crippen LogP) is 2.95. The normalized spacial score (nSPS) is 13.4. The fourth-order valence-corrected chi connectivity index (χ4v) is 3.75. The number of halogens is 1. The summed E-state index contributed by atoms with van der Waals surface area (Å²) in [6, 6.07) is 7.68. The second kappa shape index (κ2) is 5.99. The Morgan fingerprint density at radius 1 is 1.25 bits per heavy atom. The Labute approximate surface area is 144 Å². The molecule has 0 spiro atoms. The largest absolute Gasteiger partial charge is 0.495 e. The number of hydrogen-bond acceptors (Lipinski definition) is 4. The molecule has 0 atom stereocenters. The van der Waals surface area contributed by atoms with Crippen LogP contribution in [0, 0.1) is 6.92 Å². The van der Waals surface area contributed by atoms with Gasteiger partial charge in [0.2, 0.25) is 5.91 Å². The molecule has 126 valence electrons. The van der Waals surface area contributed by atoms with Crippen LogP contribution < -0.4 is 14.8 Å². The van der Waals surface area contributed by atoms with Gasteiger partial charge in [0.15, 0.2) is 0 Å². The Morgan fingerprint density at radius 3 is 2.71 bits per heavy atom. The fourth-order valence-electron chi connectivity index (χ4n) is 2.49. The first kappa shape index (κ1) is 16.6. The van der Waals surface area contributed by atoms with Crippen LogP contribution in [-0.4, -0.2) is 21.4 Å². The molecule has 1 heterocycles. The molecule has 3 rings (SSSR count). The summed E-state index contributed by atoms with van der Waals surface area (Å²) >= 11 is 6.03. The lowest BCUT2D eigenvalue weighted by atomic mass is 10.2. The lowest BCUT2D eigenvalue weighted by Gasteiger charge is -2.14. The van der Waals surface area contributed by atoms with Gasteiger partial charge < -0.3 is 10.1 Å². The van der Waals surface area contributed by atoms with Gasteiger partial charge in [0.25, 0.3) is 10.0 Å². The zero-order valence-corrected chi connectivity index (χ0v) is 14.6. The Kier molecular flexibility index (Phi) is 4.15. The van der Waals surface area contributed by atoms with Crippen LogP contribution in [0.1, 0.15) is 11.1 Å². The number of fused-ring (bicyclic) bond motifs is 1. The van der Waals surface area contributed by atoms with E-state index in [0.717, 1.165) is 5.56 Å². The van der Waals surface area contributed by atoms with Crippen molar-refractivity contribution in [2.24, 2.45) is 0 Å². The topological polar surface area (TPSA) is 84.5 Å². The van der Waals surface area contributed by atoms with Gasteiger partial charge in [-0.2, -0.15) is 0 Å². The van der Waals surface area contributed by atoms with Crippen molar-refractivity contribution in [3.05, 3.63) is 46.5 Å². The summed E-state index contributed by atoms with van der Waals surface area (Å²) in [5, 5.41) is 3.15. The van der Waals surface area contributed by atoms with Gasteiger partial charge in [0.1, 0.15) is 5.75 Å². The highest BCUT2D eigenvalue weighted by atomic mass is 35.5. The van der Waals surface area contributed by atoms with Gasteiger partial charge in [0.05, 0.1) is 24.1 Å². The van der Waals surface area contributed by atoms with E-state index in [9.17, 15) is 13.2 Å². The van der Waals surface area contributed by atoms with Gasteiger partial charge in [-0.05, 0) is 42.3 Å². The monoisotopic (exact) mass is 366 g/mol. The third-order valence-electron chi connectivity index (χ3n) is 3.74. The number of aryl methyl sites for hydroxylation is 1. The van der Waals surface area contributed by atoms with E-state index in [-0.39, 0.29) is 17.2 Å². The molecule has 0 fully saturated rings. The summed E-state index contributed by atoms with van der Waals surface area (Å²) in [4.78, 5) is 11.5. The smallest absolute Gasteiger partial charge is 0.262 e. The number of ether oxygens (including phenoxy) is 1. The van der Waals surface area contributed by atoms with Crippen molar-refractivity contribution in [1.29, 1.82) is 0 Å². The van der Waals surface area contributed by atoms with E-state index >= 15 is 0 Å². The van der Waals surface area contributed by atoms with Crippen LogP contribution in [0.5, 0.6) is 5.75 Å². The van der Waals surface area contributed by atoms with E-state index in [1.165, 1.54) is 19.2 Å². The second-order valence-electron chi connectivity index (χ2n) is 5.45. The highest BCUT2D eigenvalue weighted by molar-refractivity contribution is 7.92. The summed E-state index contributed by atoms with van der Waals surface area (Å²) in [6.45, 7) is 1.77. The van der Waals surface area contributed by atoms with E-state index in [2.05, 4.69) is 10.0 Å². The van der Waals surface area contributed by atoms with Crippen molar-refractivity contribution in [1.82, 2.24) is 0 Å². The van der Waals surface area contributed by atoms with Crippen LogP contribution in [0.25, 0.3) is 0 Å². The van der Waals surface area contributed by atoms with E-state index in [0.29, 0.717) is 27.7 Å². The van der Waals surface area contributed by atoms with Gasteiger partial charge >= 0.3 is 0 Å². The van der Waals surface area contributed by atoms with Crippen molar-refractivity contribution >= 4 is 38.9 Å². The highest BCUT2D eigenvalue weighted by Gasteiger charge is 2.23. The molecule has 2 N–H and O–H groups in total. The van der Waals surface area contributed by atoms with Crippen LogP contribution in [-0.2, 0) is 21.2 Å². The predicted molar refractivity (Wildman–Crippen MR) is 92.3 cm³/mol. The van der Waals surface area contributed by atoms with Gasteiger partial charge in [-0.15, -0.1) is 0 Å². The average molecular weight is 367 g/mol. The molecular formula is C16H15ClN2O4S. The van der Waals surface area contributed by atoms with Gasteiger partial charge in [-0.1, -0.05) is 11.6 Å². The summed E-state index contributed by atoms with van der Waals surface area (Å²) in [5.74, 6) is 0.176. The maximum atomic E-state index is 12.6. The second-order valence-corrected chi connectivity index (χ2v) is 7.54. The van der Waals surface area contributed by atoms with E-state index in [4.69, 9.17) is 16.3 Å². The van der Waals surface area contributed by atoms with Crippen molar-refractivity contribution in [3.8, 4) is 5.75 Å². The molecule has 24 heavy (non-hydrogen) atoms. The number of nitrogens with one attached hydrogen (secondary N) is 2. The van der Waals surface area contributed by atoms with Crippen LogP contribution in [0.3, 0.4) is 0 Å². The molecule has 0 saturated heterocycles. The maximum absolute atomic E-state index is 12.6. The average Bonchev–Trinajstić information content (AvgIpc) is 2.89. The molecule has 8 heteroatoms. The number of amides is 1. The van der Waals surface area contributed by atoms with Gasteiger partial charge in [0, 0.05) is 16.8 Å². The van der Waals surface area contributed by atoms with Gasteiger partial charge in [-0.25, -0.2) is 8.42 Å². The number of rotatable bonds is 4. The lowest BCUT2D eigenvalue weighted by Crippen LogP contribution is -2.14. The van der Waals surface area contributed by atoms with E-state index < -0.39 is 10.0 Å². The quantitative estimate of drug-likeness (QED) is 0.871. The van der Waals surface area contributed by atoms with Gasteiger partial charge in [-0.3, -0.25) is 9.52 Å². The first-order valence-electron chi connectivity index (χ1n) is 7.10. The Bertz CT molecular complexity index is 941. The zero-order valence-electron chi connectivity index (χ0n) is 13.0. The molecule has 2 aromatic carbocycles. The first-order chi connectivity index (χ1) is 11.3. The minimum absolute atomic E-state index is 0.0763. The Morgan fingerprint density at radius 2 is 2.00 bits per heavy atom. The molecule has 1 aliphatic rings. The van der Waals surface area contributed by atoms with E-state index in [1.54, 1.807) is 25.1 Å². The van der Waals surface area contributed by atoms with Crippen LogP contribution in [0.15, 0.2) is 35.2 Å². The number of carbonyl (C=O) groups excluding carboxylic acids is 1. The minimum Gasteiger partial charge on any atom is -0.495 e. The minimum atomic E-state index is -3.83. The summed E-state index contributed by atoms with van der Waals surface area (Å²) in [6.07, 6.45) is 0.169. The first-order valence-corrected chi connectivity index (χ1v) is 8.96. The third-order valence-corrected chi connectivity index (χ3v) is 5.51. The molecule has 0 radical (unpaired) electrons. The molecule has 0 aromatic heterocycles.